The van der Waals surface area contributed by atoms with Crippen molar-refractivity contribution in [2.75, 3.05) is 6.61 Å². The normalized spacial score (nSPS) is 23.5. The first-order valence-corrected chi connectivity index (χ1v) is 12.9. The number of benzene rings is 2. The van der Waals surface area contributed by atoms with E-state index >= 15 is 0 Å². The Morgan fingerprint density at radius 2 is 1.76 bits per heavy atom. The van der Waals surface area contributed by atoms with E-state index in [1.165, 1.54) is 5.56 Å². The molecule has 2 aromatic carbocycles. The summed E-state index contributed by atoms with van der Waals surface area (Å²) in [6.45, 7) is 6.26. The first-order valence-electron chi connectivity index (χ1n) is 12.9. The maximum absolute atomic E-state index is 12.8. The van der Waals surface area contributed by atoms with Gasteiger partial charge in [-0.05, 0) is 63.1 Å². The van der Waals surface area contributed by atoms with Gasteiger partial charge in [0.2, 0.25) is 0 Å². The van der Waals surface area contributed by atoms with Crippen molar-refractivity contribution in [1.29, 1.82) is 0 Å². The molecule has 0 unspecified atom stereocenters. The molecular formula is C30H33NO6. The molecule has 3 heterocycles. The van der Waals surface area contributed by atoms with Crippen molar-refractivity contribution >= 4 is 11.9 Å². The van der Waals surface area contributed by atoms with Crippen LogP contribution in [0.4, 0.5) is 0 Å². The molecule has 1 saturated carbocycles. The molecule has 37 heavy (non-hydrogen) atoms. The summed E-state index contributed by atoms with van der Waals surface area (Å²) in [6, 6.07) is 16.1. The van der Waals surface area contributed by atoms with Crippen LogP contribution in [0.2, 0.25) is 0 Å². The van der Waals surface area contributed by atoms with Crippen LogP contribution in [0.15, 0.2) is 53.1 Å². The van der Waals surface area contributed by atoms with Crippen molar-refractivity contribution in [2.24, 2.45) is 0 Å². The highest BCUT2D eigenvalue weighted by Crippen LogP contribution is 2.51. The minimum atomic E-state index is -0.801. The molecule has 0 radical (unpaired) electrons. The van der Waals surface area contributed by atoms with Crippen molar-refractivity contribution in [3.8, 4) is 11.3 Å². The number of carboxylic acid groups (broad SMARTS) is 1. The molecule has 1 N–H and O–H groups in total. The van der Waals surface area contributed by atoms with E-state index in [0.717, 1.165) is 47.9 Å². The first kappa shape index (κ1) is 25.2. The molecule has 3 aromatic rings. The molecule has 194 valence electrons. The molecule has 0 amide bonds. The Morgan fingerprint density at radius 3 is 2.38 bits per heavy atom. The second kappa shape index (κ2) is 9.78. The number of rotatable bonds is 8. The summed E-state index contributed by atoms with van der Waals surface area (Å²) in [5.41, 5.74) is 4.90. The Morgan fingerprint density at radius 1 is 1.05 bits per heavy atom. The fraction of sp³-hybridized carbons (Fsp3) is 0.433. The standard InChI is InChI=1S/C30H33NO6/c1-19-6-4-5-7-24(19)21(3)36-27(34)16-25-20(2)31-37-28(25)22-8-10-23(11-9-22)29-12-14-30(15-13-29,35-18-29)17-26(32)33/h4-11,21H,12-18H2,1-3H3,(H,32,33)/t21-,29?,30?/m1/s1. The number of aromatic nitrogens is 1. The lowest BCUT2D eigenvalue weighted by Crippen LogP contribution is -2.54. The van der Waals surface area contributed by atoms with Gasteiger partial charge >= 0.3 is 11.9 Å². The van der Waals surface area contributed by atoms with Gasteiger partial charge < -0.3 is 19.1 Å². The van der Waals surface area contributed by atoms with E-state index in [2.05, 4.69) is 17.3 Å². The van der Waals surface area contributed by atoms with E-state index in [9.17, 15) is 14.7 Å². The average Bonchev–Trinajstić information content (AvgIpc) is 3.24. The predicted octanol–water partition coefficient (Wildman–Crippen LogP) is 5.86. The van der Waals surface area contributed by atoms with Crippen LogP contribution >= 0.6 is 0 Å². The van der Waals surface area contributed by atoms with Gasteiger partial charge in [0.25, 0.3) is 0 Å². The lowest BCUT2D eigenvalue weighted by Gasteiger charge is -2.53. The largest absolute Gasteiger partial charge is 0.481 e. The van der Waals surface area contributed by atoms with Gasteiger partial charge in [-0.3, -0.25) is 9.59 Å². The molecule has 6 rings (SSSR count). The zero-order valence-corrected chi connectivity index (χ0v) is 21.6. The Hall–Kier alpha value is -3.45. The Kier molecular flexibility index (Phi) is 6.67. The number of nitrogens with zero attached hydrogens (tertiary/aromatic N) is 1. The highest BCUT2D eigenvalue weighted by molar-refractivity contribution is 5.77. The van der Waals surface area contributed by atoms with E-state index in [-0.39, 0.29) is 30.3 Å². The second-order valence-corrected chi connectivity index (χ2v) is 10.6. The Balaban J connectivity index is 1.29. The Bertz CT molecular complexity index is 1280. The molecule has 2 bridgehead atoms. The van der Waals surface area contributed by atoms with Gasteiger partial charge in [0, 0.05) is 16.5 Å². The summed E-state index contributed by atoms with van der Waals surface area (Å²) >= 11 is 0. The number of aryl methyl sites for hydroxylation is 2. The quantitative estimate of drug-likeness (QED) is 0.384. The summed E-state index contributed by atoms with van der Waals surface area (Å²) in [6.07, 6.45) is 3.14. The van der Waals surface area contributed by atoms with Crippen LogP contribution in [0.5, 0.6) is 0 Å². The minimum Gasteiger partial charge on any atom is -0.481 e. The van der Waals surface area contributed by atoms with E-state index in [4.69, 9.17) is 14.0 Å². The minimum absolute atomic E-state index is 0.0712. The average molecular weight is 504 g/mol. The van der Waals surface area contributed by atoms with Crippen LogP contribution in [0.1, 0.15) is 73.1 Å². The van der Waals surface area contributed by atoms with Gasteiger partial charge in [-0.15, -0.1) is 0 Å². The van der Waals surface area contributed by atoms with E-state index < -0.39 is 11.6 Å². The van der Waals surface area contributed by atoms with Crippen LogP contribution in [-0.2, 0) is 30.9 Å². The zero-order chi connectivity index (χ0) is 26.2. The lowest BCUT2D eigenvalue weighted by atomic mass is 9.62. The van der Waals surface area contributed by atoms with Crippen LogP contribution < -0.4 is 0 Å². The monoisotopic (exact) mass is 503 g/mol. The van der Waals surface area contributed by atoms with Gasteiger partial charge in [0.1, 0.15) is 6.10 Å². The van der Waals surface area contributed by atoms with E-state index in [1.807, 2.05) is 57.2 Å². The highest BCUT2D eigenvalue weighted by Gasteiger charge is 2.51. The zero-order valence-electron chi connectivity index (χ0n) is 21.6. The molecular weight excluding hydrogens is 470 g/mol. The summed E-state index contributed by atoms with van der Waals surface area (Å²) in [5.74, 6) is -0.554. The second-order valence-electron chi connectivity index (χ2n) is 10.6. The van der Waals surface area contributed by atoms with Crippen molar-refractivity contribution in [1.82, 2.24) is 5.16 Å². The number of carbonyl (C=O) groups excluding carboxylic acids is 1. The van der Waals surface area contributed by atoms with E-state index in [1.54, 1.807) is 0 Å². The third-order valence-electron chi connectivity index (χ3n) is 8.25. The number of carbonyl (C=O) groups is 2. The lowest BCUT2D eigenvalue weighted by molar-refractivity contribution is -0.175. The summed E-state index contributed by atoms with van der Waals surface area (Å²) < 4.78 is 17.5. The highest BCUT2D eigenvalue weighted by atomic mass is 16.5. The molecule has 0 spiro atoms. The number of aliphatic carboxylic acids is 1. The van der Waals surface area contributed by atoms with Crippen molar-refractivity contribution in [3.05, 3.63) is 76.5 Å². The Labute approximate surface area is 216 Å². The molecule has 2 saturated heterocycles. The molecule has 7 nitrogen and oxygen atoms in total. The van der Waals surface area contributed by atoms with Gasteiger partial charge in [0.15, 0.2) is 5.76 Å². The predicted molar refractivity (Wildman–Crippen MR) is 137 cm³/mol. The number of hydrogen-bond donors (Lipinski definition) is 1. The van der Waals surface area contributed by atoms with Gasteiger partial charge in [0.05, 0.1) is 30.7 Å². The molecule has 3 aliphatic rings. The van der Waals surface area contributed by atoms with Crippen LogP contribution in [0.3, 0.4) is 0 Å². The molecule has 7 heteroatoms. The number of carboxylic acids is 1. The fourth-order valence-electron chi connectivity index (χ4n) is 5.93. The SMILES string of the molecule is Cc1ccccc1[C@@H](C)OC(=O)Cc1c(C)noc1-c1ccc(C23CCC(CC(=O)O)(CC2)OC3)cc1. The molecule has 2 aliphatic heterocycles. The fourth-order valence-corrected chi connectivity index (χ4v) is 5.93. The van der Waals surface area contributed by atoms with Crippen LogP contribution in [0.25, 0.3) is 11.3 Å². The number of fused-ring (bicyclic) bond motifs is 3. The number of ether oxygens (including phenoxy) is 2. The maximum atomic E-state index is 12.8. The van der Waals surface area contributed by atoms with Gasteiger partial charge in [-0.2, -0.15) is 0 Å². The van der Waals surface area contributed by atoms with Crippen LogP contribution in [-0.4, -0.2) is 34.4 Å². The first-order chi connectivity index (χ1) is 17.7. The third-order valence-corrected chi connectivity index (χ3v) is 8.25. The molecule has 3 fully saturated rings. The van der Waals surface area contributed by atoms with Gasteiger partial charge in [-0.1, -0.05) is 53.7 Å². The summed E-state index contributed by atoms with van der Waals surface area (Å²) in [4.78, 5) is 24.1. The molecule has 1 atom stereocenters. The topological polar surface area (TPSA) is 98.9 Å². The number of esters is 1. The maximum Gasteiger partial charge on any atom is 0.311 e. The van der Waals surface area contributed by atoms with Gasteiger partial charge in [-0.25, -0.2) is 0 Å². The van der Waals surface area contributed by atoms with Crippen LogP contribution in [0, 0.1) is 13.8 Å². The van der Waals surface area contributed by atoms with Crippen molar-refractivity contribution in [3.63, 3.8) is 0 Å². The molecule has 1 aromatic heterocycles. The summed E-state index contributed by atoms with van der Waals surface area (Å²) in [7, 11) is 0. The third kappa shape index (κ3) is 4.92. The number of hydrogen-bond acceptors (Lipinski definition) is 6. The smallest absolute Gasteiger partial charge is 0.311 e. The van der Waals surface area contributed by atoms with Crippen molar-refractivity contribution in [2.45, 2.75) is 76.4 Å². The van der Waals surface area contributed by atoms with E-state index in [0.29, 0.717) is 18.1 Å². The van der Waals surface area contributed by atoms with Crippen molar-refractivity contribution < 1.29 is 28.7 Å². The summed E-state index contributed by atoms with van der Waals surface area (Å²) in [5, 5.41) is 13.4. The molecule has 1 aliphatic carbocycles.